The molecule has 4 heteroatoms. The van der Waals surface area contributed by atoms with E-state index in [0.29, 0.717) is 12.1 Å². The molecule has 2 rings (SSSR count). The van der Waals surface area contributed by atoms with E-state index in [1.165, 1.54) is 0 Å². The molecule has 0 unspecified atom stereocenters. The maximum atomic E-state index is 4.59. The summed E-state index contributed by atoms with van der Waals surface area (Å²) in [6, 6.07) is 1.000. The third-order valence-electron chi connectivity index (χ3n) is 1.77. The maximum Gasteiger partial charge on any atom is -0.109 e. The molecule has 0 spiro atoms. The van der Waals surface area contributed by atoms with Gasteiger partial charge in [-0.2, -0.15) is 12.2 Å². The van der Waals surface area contributed by atoms with Crippen molar-refractivity contribution in [1.82, 2.24) is 0 Å². The molecule has 2 aliphatic rings. The molecule has 0 saturated carbocycles. The SMILES string of the molecule is CC(C)[N-]C(C)C.Cl.[B]=[Zr].[C-]1=CC=CC1.[C-]1=CC=CC1. The van der Waals surface area contributed by atoms with Gasteiger partial charge in [0.25, 0.3) is 0 Å². The molecule has 0 saturated heterocycles. The van der Waals surface area contributed by atoms with Crippen molar-refractivity contribution in [2.24, 2.45) is 0 Å². The topological polar surface area (TPSA) is 14.1 Å². The van der Waals surface area contributed by atoms with Crippen LogP contribution in [-0.4, -0.2) is 17.0 Å². The van der Waals surface area contributed by atoms with Crippen LogP contribution in [0.3, 0.4) is 0 Å². The van der Waals surface area contributed by atoms with Crippen molar-refractivity contribution in [3.05, 3.63) is 53.9 Å². The molecule has 0 aromatic carbocycles. The van der Waals surface area contributed by atoms with E-state index < -0.39 is 0 Å². The molecule has 111 valence electrons. The van der Waals surface area contributed by atoms with Crippen LogP contribution in [0.4, 0.5) is 0 Å². The molecular formula is C16H25BClNZr-3. The van der Waals surface area contributed by atoms with Crippen molar-refractivity contribution in [2.75, 3.05) is 0 Å². The molecule has 1 nitrogen and oxygen atoms in total. The second-order valence-electron chi connectivity index (χ2n) is 4.34. The number of rotatable bonds is 2. The molecule has 0 aromatic heterocycles. The van der Waals surface area contributed by atoms with E-state index in [2.05, 4.69) is 62.3 Å². The van der Waals surface area contributed by atoms with Gasteiger partial charge in [0.15, 0.2) is 0 Å². The van der Waals surface area contributed by atoms with E-state index in [4.69, 9.17) is 0 Å². The first kappa shape index (κ1) is 25.1. The maximum absolute atomic E-state index is 4.59. The molecule has 0 fully saturated rings. The smallest absolute Gasteiger partial charge is 0.109 e. The summed E-state index contributed by atoms with van der Waals surface area (Å²) in [5, 5.41) is 4.28. The molecule has 2 aliphatic carbocycles. The van der Waals surface area contributed by atoms with Crippen molar-refractivity contribution in [1.29, 1.82) is 0 Å². The van der Waals surface area contributed by atoms with Gasteiger partial charge in [0.1, 0.15) is 0 Å². The Morgan fingerprint density at radius 3 is 1.30 bits per heavy atom. The van der Waals surface area contributed by atoms with Crippen LogP contribution in [0.25, 0.3) is 5.32 Å². The minimum absolute atomic E-state index is 0. The van der Waals surface area contributed by atoms with Gasteiger partial charge < -0.3 is 5.32 Å². The summed E-state index contributed by atoms with van der Waals surface area (Å²) in [4.78, 5) is 4.59. The van der Waals surface area contributed by atoms with E-state index in [1.807, 2.05) is 24.3 Å². The van der Waals surface area contributed by atoms with Crippen LogP contribution in [0.1, 0.15) is 40.5 Å². The largest absolute Gasteiger partial charge is 0.273 e. The molecule has 0 heterocycles. The fourth-order valence-corrected chi connectivity index (χ4v) is 1.28. The summed E-state index contributed by atoms with van der Waals surface area (Å²) < 4.78 is 0. The second-order valence-corrected chi connectivity index (χ2v) is 4.34. The van der Waals surface area contributed by atoms with Crippen LogP contribution in [0.15, 0.2) is 36.5 Å². The van der Waals surface area contributed by atoms with Crippen molar-refractivity contribution in [3.8, 4) is 0 Å². The van der Waals surface area contributed by atoms with Crippen LogP contribution >= 0.6 is 12.4 Å². The number of hydrogen-bond donors (Lipinski definition) is 0. The standard InChI is InChI=1S/C6H14N.2C5H5.B.ClH.Zr/c1-5(2)7-6(3)4;2*1-2-4-5-3-1;;;/h5-6H,1-4H3;2*1-3H,4H2;;1H;/q3*-1;;;. The van der Waals surface area contributed by atoms with Gasteiger partial charge in [-0.3, -0.25) is 12.2 Å². The summed E-state index contributed by atoms with van der Waals surface area (Å²) in [5.41, 5.74) is 0. The van der Waals surface area contributed by atoms with Gasteiger partial charge >= 0.3 is 28.9 Å². The van der Waals surface area contributed by atoms with Gasteiger partial charge in [0, 0.05) is 0 Å². The minimum atomic E-state index is 0. The van der Waals surface area contributed by atoms with Gasteiger partial charge in [-0.25, -0.2) is 24.3 Å². The Morgan fingerprint density at radius 1 is 0.900 bits per heavy atom. The van der Waals surface area contributed by atoms with Crippen LogP contribution < -0.4 is 0 Å². The molecule has 20 heavy (non-hydrogen) atoms. The molecule has 0 aliphatic heterocycles. The Balaban J connectivity index is -0.000000201. The van der Waals surface area contributed by atoms with Crippen LogP contribution in [-0.2, 0) is 24.0 Å². The Bertz CT molecular complexity index is 249. The molecule has 0 N–H and O–H groups in total. The fourth-order valence-electron chi connectivity index (χ4n) is 1.28. The van der Waals surface area contributed by atoms with Gasteiger partial charge in [0.05, 0.1) is 0 Å². The van der Waals surface area contributed by atoms with Crippen LogP contribution in [0.2, 0.25) is 0 Å². The predicted molar refractivity (Wildman–Crippen MR) is 89.8 cm³/mol. The van der Waals surface area contributed by atoms with Crippen molar-refractivity contribution >= 4 is 17.3 Å². The minimum Gasteiger partial charge on any atom is -0.273 e. The fraction of sp³-hybridized carbons (Fsp3) is 0.500. The zero-order valence-corrected chi connectivity index (χ0v) is 16.2. The van der Waals surface area contributed by atoms with Gasteiger partial charge in [0.2, 0.25) is 0 Å². The van der Waals surface area contributed by atoms with Crippen LogP contribution in [0.5, 0.6) is 0 Å². The van der Waals surface area contributed by atoms with E-state index in [-0.39, 0.29) is 12.4 Å². The predicted octanol–water partition coefficient (Wildman–Crippen LogP) is 4.83. The second kappa shape index (κ2) is 21.5. The Kier molecular flexibility index (Phi) is 27.0. The zero-order chi connectivity index (χ0) is 14.9. The number of nitrogens with zero attached hydrogens (tertiary/aromatic N) is 1. The summed E-state index contributed by atoms with van der Waals surface area (Å²) in [5.74, 6) is 0. The van der Waals surface area contributed by atoms with Gasteiger partial charge in [-0.15, -0.1) is 37.3 Å². The monoisotopic (exact) mass is 367 g/mol. The number of allylic oxidation sites excluding steroid dienone is 8. The van der Waals surface area contributed by atoms with Crippen LogP contribution in [0, 0.1) is 12.2 Å². The Morgan fingerprint density at radius 2 is 1.25 bits per heavy atom. The third-order valence-corrected chi connectivity index (χ3v) is 1.77. The quantitative estimate of drug-likeness (QED) is 0.489. The number of hydrogen-bond acceptors (Lipinski definition) is 0. The zero-order valence-electron chi connectivity index (χ0n) is 13.0. The Hall–Kier alpha value is 0.158. The summed E-state index contributed by atoms with van der Waals surface area (Å²) >= 11 is 1.05. The van der Waals surface area contributed by atoms with Gasteiger partial charge in [-0.05, 0) is 0 Å². The molecule has 1 radical (unpaired) electrons. The van der Waals surface area contributed by atoms with E-state index in [0.717, 1.165) is 36.8 Å². The first-order valence-electron chi connectivity index (χ1n) is 6.55. The van der Waals surface area contributed by atoms with E-state index in [1.54, 1.807) is 0 Å². The number of halogens is 1. The third kappa shape index (κ3) is 26.7. The molecule has 0 amide bonds. The first-order valence-corrected chi connectivity index (χ1v) is 7.97. The molecule has 0 aromatic rings. The van der Waals surface area contributed by atoms with Crippen molar-refractivity contribution in [2.45, 2.75) is 52.6 Å². The summed E-state index contributed by atoms with van der Waals surface area (Å²) in [7, 11) is 0. The normalized spacial score (nSPS) is 12.8. The van der Waals surface area contributed by atoms with E-state index >= 15 is 0 Å². The molecular weight excluding hydrogens is 344 g/mol. The summed E-state index contributed by atoms with van der Waals surface area (Å²) in [6.45, 7) is 8.39. The van der Waals surface area contributed by atoms with Gasteiger partial charge in [-0.1, -0.05) is 27.7 Å². The first-order chi connectivity index (χ1) is 9.13. The van der Waals surface area contributed by atoms with Crippen molar-refractivity contribution in [3.63, 3.8) is 0 Å². The van der Waals surface area contributed by atoms with Crippen molar-refractivity contribution < 1.29 is 24.0 Å². The molecule has 0 bridgehead atoms. The average molecular weight is 369 g/mol. The summed E-state index contributed by atoms with van der Waals surface area (Å²) in [6.07, 6.45) is 20.0. The molecule has 0 atom stereocenters. The average Bonchev–Trinajstić information content (AvgIpc) is 3.09. The Labute approximate surface area is 147 Å². The van der Waals surface area contributed by atoms with E-state index in [9.17, 15) is 0 Å².